The molecule has 1 aromatic heterocycles. The Morgan fingerprint density at radius 2 is 1.97 bits per heavy atom. The molecule has 0 aliphatic heterocycles. The van der Waals surface area contributed by atoms with Gasteiger partial charge in [0.2, 0.25) is 0 Å². The van der Waals surface area contributed by atoms with E-state index in [1.807, 2.05) is 37.4 Å². The molecule has 0 amide bonds. The van der Waals surface area contributed by atoms with Crippen molar-refractivity contribution in [3.63, 3.8) is 0 Å². The predicted molar refractivity (Wildman–Crippen MR) is 112 cm³/mol. The average Bonchev–Trinajstić information content (AvgIpc) is 2.97. The van der Waals surface area contributed by atoms with Gasteiger partial charge in [-0.1, -0.05) is 6.07 Å². The first-order chi connectivity index (χ1) is 13.8. The number of nitrogens with zero attached hydrogens (tertiary/aromatic N) is 4. The Morgan fingerprint density at radius 1 is 1.21 bits per heavy atom. The summed E-state index contributed by atoms with van der Waals surface area (Å²) < 4.78 is 1.44. The van der Waals surface area contributed by atoms with E-state index in [2.05, 4.69) is 10.1 Å². The lowest BCUT2D eigenvalue weighted by molar-refractivity contribution is -0.387. The molecule has 9 heteroatoms. The van der Waals surface area contributed by atoms with Gasteiger partial charge in [0.05, 0.1) is 21.9 Å². The number of benzene rings is 2. The standard InChI is InChI=1S/C20H17N5O3S/c1-12-4-6-16(8-13(12)2)24-20(26)17(14(3)23-24)10-22-15-5-7-19(29-11-21)18(9-15)25(27)28/h4-10,23H,1-3H3. The first kappa shape index (κ1) is 20.1. The van der Waals surface area contributed by atoms with Crippen LogP contribution in [0, 0.1) is 41.5 Å². The molecule has 0 aliphatic rings. The zero-order valence-electron chi connectivity index (χ0n) is 16.0. The summed E-state index contributed by atoms with van der Waals surface area (Å²) in [7, 11) is 0. The van der Waals surface area contributed by atoms with E-state index in [9.17, 15) is 14.9 Å². The third-order valence-electron chi connectivity index (χ3n) is 4.50. The normalized spacial score (nSPS) is 11.0. The number of hydrogen-bond donors (Lipinski definition) is 1. The highest BCUT2D eigenvalue weighted by Gasteiger charge is 2.16. The summed E-state index contributed by atoms with van der Waals surface area (Å²) in [5.74, 6) is 0. The van der Waals surface area contributed by atoms with Crippen molar-refractivity contribution in [2.75, 3.05) is 0 Å². The first-order valence-electron chi connectivity index (χ1n) is 8.59. The highest BCUT2D eigenvalue weighted by Crippen LogP contribution is 2.32. The second-order valence-electron chi connectivity index (χ2n) is 6.42. The zero-order valence-corrected chi connectivity index (χ0v) is 16.8. The van der Waals surface area contributed by atoms with E-state index >= 15 is 0 Å². The van der Waals surface area contributed by atoms with Gasteiger partial charge in [-0.15, -0.1) is 0 Å². The number of H-pyrrole nitrogens is 1. The average molecular weight is 407 g/mol. The number of thiocyanates is 1. The van der Waals surface area contributed by atoms with E-state index in [1.54, 1.807) is 13.0 Å². The number of aromatic nitrogens is 2. The van der Waals surface area contributed by atoms with Crippen molar-refractivity contribution in [1.29, 1.82) is 5.26 Å². The Kier molecular flexibility index (Phi) is 5.66. The molecule has 3 aromatic rings. The Hall–Kier alpha value is -3.64. The molecule has 0 spiro atoms. The number of rotatable bonds is 5. The van der Waals surface area contributed by atoms with Crippen LogP contribution in [-0.2, 0) is 0 Å². The van der Waals surface area contributed by atoms with Crippen molar-refractivity contribution in [2.24, 2.45) is 4.99 Å². The number of nitriles is 1. The van der Waals surface area contributed by atoms with Crippen molar-refractivity contribution in [3.05, 3.63) is 79.3 Å². The molecule has 0 saturated carbocycles. The van der Waals surface area contributed by atoms with E-state index in [-0.39, 0.29) is 16.1 Å². The van der Waals surface area contributed by atoms with Crippen LogP contribution in [0.5, 0.6) is 0 Å². The number of nitro benzene ring substituents is 1. The molecule has 0 unspecified atom stereocenters. The van der Waals surface area contributed by atoms with Crippen molar-refractivity contribution in [1.82, 2.24) is 9.78 Å². The summed E-state index contributed by atoms with van der Waals surface area (Å²) in [6.45, 7) is 5.73. The van der Waals surface area contributed by atoms with E-state index < -0.39 is 4.92 Å². The molecule has 0 bridgehead atoms. The molecule has 0 radical (unpaired) electrons. The van der Waals surface area contributed by atoms with E-state index in [0.29, 0.717) is 28.7 Å². The summed E-state index contributed by atoms with van der Waals surface area (Å²) in [5.41, 5.74) is 3.76. The quantitative estimate of drug-likeness (QED) is 0.222. The summed E-state index contributed by atoms with van der Waals surface area (Å²) >= 11 is 0.715. The number of aliphatic imine (C=N–C) groups is 1. The van der Waals surface area contributed by atoms with E-state index in [4.69, 9.17) is 5.26 Å². The minimum Gasteiger partial charge on any atom is -0.295 e. The van der Waals surface area contributed by atoms with Crippen molar-refractivity contribution >= 4 is 29.4 Å². The van der Waals surface area contributed by atoms with Gasteiger partial charge >= 0.3 is 0 Å². The van der Waals surface area contributed by atoms with Crippen LogP contribution < -0.4 is 5.56 Å². The van der Waals surface area contributed by atoms with Gasteiger partial charge in [-0.2, -0.15) is 5.26 Å². The van der Waals surface area contributed by atoms with Crippen molar-refractivity contribution in [2.45, 2.75) is 25.7 Å². The monoisotopic (exact) mass is 407 g/mol. The Balaban J connectivity index is 1.98. The second-order valence-corrected chi connectivity index (χ2v) is 7.25. The third-order valence-corrected chi connectivity index (χ3v) is 5.16. The first-order valence-corrected chi connectivity index (χ1v) is 9.41. The summed E-state index contributed by atoms with van der Waals surface area (Å²) in [4.78, 5) is 27.9. The van der Waals surface area contributed by atoms with Gasteiger partial charge in [0.1, 0.15) is 10.3 Å². The fraction of sp³-hybridized carbons (Fsp3) is 0.150. The van der Waals surface area contributed by atoms with Crippen LogP contribution in [0.1, 0.15) is 22.4 Å². The number of aromatic amines is 1. The molecule has 0 aliphatic carbocycles. The highest BCUT2D eigenvalue weighted by atomic mass is 32.2. The Morgan fingerprint density at radius 3 is 2.62 bits per heavy atom. The fourth-order valence-corrected chi connectivity index (χ4v) is 3.23. The topological polar surface area (TPSA) is 117 Å². The Bertz CT molecular complexity index is 1230. The molecule has 2 aromatic carbocycles. The molecule has 0 fully saturated rings. The van der Waals surface area contributed by atoms with Crippen LogP contribution in [0.25, 0.3) is 5.69 Å². The summed E-state index contributed by atoms with van der Waals surface area (Å²) in [5, 5.41) is 24.8. The SMILES string of the molecule is Cc1ccc(-n2[nH]c(C)c(C=Nc3ccc(SC#N)c([N+](=O)[O-])c3)c2=O)cc1C. The molecule has 0 atom stereocenters. The second kappa shape index (κ2) is 8.16. The molecule has 3 rings (SSSR count). The lowest BCUT2D eigenvalue weighted by Crippen LogP contribution is -2.17. The van der Waals surface area contributed by atoms with Crippen LogP contribution in [-0.4, -0.2) is 20.9 Å². The third kappa shape index (κ3) is 4.12. The van der Waals surface area contributed by atoms with Crippen LogP contribution >= 0.6 is 11.8 Å². The van der Waals surface area contributed by atoms with Crippen LogP contribution in [0.4, 0.5) is 11.4 Å². The number of hydrogen-bond acceptors (Lipinski definition) is 6. The maximum Gasteiger partial charge on any atom is 0.286 e. The lowest BCUT2D eigenvalue weighted by atomic mass is 10.1. The molecule has 0 saturated heterocycles. The molecular weight excluding hydrogens is 390 g/mol. The number of nitro groups is 1. The minimum atomic E-state index is -0.563. The van der Waals surface area contributed by atoms with Crippen molar-refractivity contribution in [3.8, 4) is 11.1 Å². The molecule has 8 nitrogen and oxygen atoms in total. The molecule has 1 heterocycles. The van der Waals surface area contributed by atoms with E-state index in [0.717, 1.165) is 16.8 Å². The molecule has 29 heavy (non-hydrogen) atoms. The molecular formula is C20H17N5O3S. The van der Waals surface area contributed by atoms with Gasteiger partial charge in [0, 0.05) is 18.0 Å². The summed E-state index contributed by atoms with van der Waals surface area (Å²) in [6, 6.07) is 10.0. The van der Waals surface area contributed by atoms with Gasteiger partial charge in [-0.3, -0.25) is 25.0 Å². The van der Waals surface area contributed by atoms with Gasteiger partial charge in [-0.05, 0) is 67.9 Å². The molecule has 146 valence electrons. The largest absolute Gasteiger partial charge is 0.295 e. The minimum absolute atomic E-state index is 0.204. The van der Waals surface area contributed by atoms with Crippen LogP contribution in [0.3, 0.4) is 0 Å². The number of aryl methyl sites for hydroxylation is 3. The maximum atomic E-state index is 12.8. The van der Waals surface area contributed by atoms with Gasteiger partial charge < -0.3 is 0 Å². The van der Waals surface area contributed by atoms with Crippen LogP contribution in [0.15, 0.2) is 51.1 Å². The van der Waals surface area contributed by atoms with Crippen LogP contribution in [0.2, 0.25) is 0 Å². The van der Waals surface area contributed by atoms with Gasteiger partial charge in [-0.25, -0.2) is 4.68 Å². The van der Waals surface area contributed by atoms with E-state index in [1.165, 1.54) is 23.0 Å². The summed E-state index contributed by atoms with van der Waals surface area (Å²) in [6.07, 6.45) is 1.39. The number of nitrogens with one attached hydrogen (secondary N) is 1. The smallest absolute Gasteiger partial charge is 0.286 e. The van der Waals surface area contributed by atoms with Gasteiger partial charge in [0.15, 0.2) is 0 Å². The van der Waals surface area contributed by atoms with Gasteiger partial charge in [0.25, 0.3) is 11.2 Å². The fourth-order valence-electron chi connectivity index (χ4n) is 2.76. The van der Waals surface area contributed by atoms with Crippen molar-refractivity contribution < 1.29 is 4.92 Å². The number of thioether (sulfide) groups is 1. The highest BCUT2D eigenvalue weighted by molar-refractivity contribution is 8.03. The maximum absolute atomic E-state index is 12.8. The molecule has 1 N–H and O–H groups in total. The predicted octanol–water partition coefficient (Wildman–Crippen LogP) is 4.32. The zero-order chi connectivity index (χ0) is 21.1. The Labute approximate surface area is 170 Å². The lowest BCUT2D eigenvalue weighted by Gasteiger charge is -2.05.